The molecule has 1 N–H and O–H groups in total. The summed E-state index contributed by atoms with van der Waals surface area (Å²) in [7, 11) is 0. The van der Waals surface area contributed by atoms with E-state index in [0.717, 1.165) is 30.0 Å². The second-order valence-electron chi connectivity index (χ2n) is 5.12. The predicted octanol–water partition coefficient (Wildman–Crippen LogP) is 3.91. The van der Waals surface area contributed by atoms with Gasteiger partial charge in [0.2, 0.25) is 5.88 Å². The van der Waals surface area contributed by atoms with Gasteiger partial charge in [0, 0.05) is 18.3 Å². The third-order valence-electron chi connectivity index (χ3n) is 3.20. The van der Waals surface area contributed by atoms with E-state index in [2.05, 4.69) is 49.3 Å². The van der Waals surface area contributed by atoms with E-state index in [1.807, 2.05) is 19.2 Å². The van der Waals surface area contributed by atoms with Crippen molar-refractivity contribution < 1.29 is 4.74 Å². The number of aryl methyl sites for hydroxylation is 3. The van der Waals surface area contributed by atoms with Crippen LogP contribution in [0.3, 0.4) is 0 Å². The Bertz CT molecular complexity index is 594. The molecular weight excluding hydrogens is 248 g/mol. The Morgan fingerprint density at radius 1 is 1.10 bits per heavy atom. The largest absolute Gasteiger partial charge is 0.438 e. The first-order valence-electron chi connectivity index (χ1n) is 7.01. The summed E-state index contributed by atoms with van der Waals surface area (Å²) in [6.45, 7) is 10.1. The Morgan fingerprint density at radius 2 is 1.90 bits per heavy atom. The summed E-state index contributed by atoms with van der Waals surface area (Å²) in [4.78, 5) is 4.43. The quantitative estimate of drug-likeness (QED) is 0.894. The first kappa shape index (κ1) is 14.5. The average Bonchev–Trinajstić information content (AvgIpc) is 2.42. The molecule has 0 aliphatic carbocycles. The second kappa shape index (κ2) is 6.53. The van der Waals surface area contributed by atoms with Gasteiger partial charge in [-0.3, -0.25) is 0 Å². The van der Waals surface area contributed by atoms with Gasteiger partial charge in [-0.15, -0.1) is 0 Å². The summed E-state index contributed by atoms with van der Waals surface area (Å²) in [6, 6.07) is 8.29. The van der Waals surface area contributed by atoms with E-state index in [4.69, 9.17) is 4.74 Å². The van der Waals surface area contributed by atoms with Crippen LogP contribution in [0, 0.1) is 20.8 Å². The Balaban J connectivity index is 2.17. The molecule has 0 radical (unpaired) electrons. The standard InChI is InChI=1S/C17H22N2O/c1-5-18-10-15-9-14(4)17(19-11-15)20-16-7-6-12(2)8-13(16)3/h6-9,11,18H,5,10H2,1-4H3. The minimum absolute atomic E-state index is 0.678. The van der Waals surface area contributed by atoms with Crippen molar-refractivity contribution in [2.24, 2.45) is 0 Å². The average molecular weight is 270 g/mol. The molecule has 3 heteroatoms. The van der Waals surface area contributed by atoms with Crippen molar-refractivity contribution in [2.45, 2.75) is 34.2 Å². The van der Waals surface area contributed by atoms with Gasteiger partial charge >= 0.3 is 0 Å². The fraction of sp³-hybridized carbons (Fsp3) is 0.353. The molecule has 1 heterocycles. The summed E-state index contributed by atoms with van der Waals surface area (Å²) in [5.74, 6) is 1.54. The van der Waals surface area contributed by atoms with Crippen LogP contribution in [-0.4, -0.2) is 11.5 Å². The maximum absolute atomic E-state index is 5.92. The molecule has 0 atom stereocenters. The molecule has 0 unspecified atom stereocenters. The fourth-order valence-electron chi connectivity index (χ4n) is 2.11. The van der Waals surface area contributed by atoms with Crippen LogP contribution in [0.5, 0.6) is 11.6 Å². The Morgan fingerprint density at radius 3 is 2.55 bits per heavy atom. The number of nitrogens with zero attached hydrogens (tertiary/aromatic N) is 1. The van der Waals surface area contributed by atoms with Crippen LogP contribution < -0.4 is 10.1 Å². The molecule has 0 saturated carbocycles. The van der Waals surface area contributed by atoms with Gasteiger partial charge in [0.05, 0.1) is 0 Å². The Labute approximate surface area is 121 Å². The van der Waals surface area contributed by atoms with Crippen LogP contribution in [-0.2, 0) is 6.54 Å². The lowest BCUT2D eigenvalue weighted by molar-refractivity contribution is 0.454. The van der Waals surface area contributed by atoms with Crippen molar-refractivity contribution in [1.29, 1.82) is 0 Å². The normalized spacial score (nSPS) is 10.6. The van der Waals surface area contributed by atoms with Gasteiger partial charge in [0.15, 0.2) is 0 Å². The number of rotatable bonds is 5. The highest BCUT2D eigenvalue weighted by molar-refractivity contribution is 5.40. The third-order valence-corrected chi connectivity index (χ3v) is 3.20. The lowest BCUT2D eigenvalue weighted by Gasteiger charge is -2.11. The van der Waals surface area contributed by atoms with Crippen molar-refractivity contribution in [1.82, 2.24) is 10.3 Å². The summed E-state index contributed by atoms with van der Waals surface area (Å²) < 4.78 is 5.92. The molecule has 2 rings (SSSR count). The first-order chi connectivity index (χ1) is 9.60. The van der Waals surface area contributed by atoms with Gasteiger partial charge in [-0.2, -0.15) is 0 Å². The number of ether oxygens (including phenoxy) is 1. The fourth-order valence-corrected chi connectivity index (χ4v) is 2.11. The number of hydrogen-bond acceptors (Lipinski definition) is 3. The molecule has 0 amide bonds. The molecule has 3 nitrogen and oxygen atoms in total. The van der Waals surface area contributed by atoms with Crippen molar-refractivity contribution in [2.75, 3.05) is 6.54 Å². The molecule has 2 aromatic rings. The van der Waals surface area contributed by atoms with Crippen molar-refractivity contribution >= 4 is 0 Å². The Kier molecular flexibility index (Phi) is 4.74. The maximum Gasteiger partial charge on any atom is 0.222 e. The van der Waals surface area contributed by atoms with E-state index in [-0.39, 0.29) is 0 Å². The number of pyridine rings is 1. The van der Waals surface area contributed by atoms with E-state index in [1.165, 1.54) is 11.1 Å². The maximum atomic E-state index is 5.92. The Hall–Kier alpha value is -1.87. The molecular formula is C17H22N2O. The van der Waals surface area contributed by atoms with Crippen molar-refractivity contribution in [3.05, 3.63) is 52.7 Å². The predicted molar refractivity (Wildman–Crippen MR) is 82.3 cm³/mol. The van der Waals surface area contributed by atoms with Gasteiger partial charge in [-0.1, -0.05) is 24.6 Å². The minimum atomic E-state index is 0.678. The molecule has 0 spiro atoms. The van der Waals surface area contributed by atoms with Crippen LogP contribution >= 0.6 is 0 Å². The summed E-state index contributed by atoms with van der Waals surface area (Å²) in [5, 5.41) is 3.30. The number of hydrogen-bond donors (Lipinski definition) is 1. The highest BCUT2D eigenvalue weighted by Gasteiger charge is 2.06. The monoisotopic (exact) mass is 270 g/mol. The van der Waals surface area contributed by atoms with Gasteiger partial charge in [0.25, 0.3) is 0 Å². The van der Waals surface area contributed by atoms with Gasteiger partial charge < -0.3 is 10.1 Å². The first-order valence-corrected chi connectivity index (χ1v) is 7.01. The van der Waals surface area contributed by atoms with E-state index >= 15 is 0 Å². The zero-order chi connectivity index (χ0) is 14.5. The molecule has 1 aromatic carbocycles. The summed E-state index contributed by atoms with van der Waals surface area (Å²) in [6.07, 6.45) is 1.87. The molecule has 20 heavy (non-hydrogen) atoms. The zero-order valence-electron chi connectivity index (χ0n) is 12.7. The van der Waals surface area contributed by atoms with Crippen molar-refractivity contribution in [3.63, 3.8) is 0 Å². The van der Waals surface area contributed by atoms with Gasteiger partial charge in [-0.05, 0) is 50.6 Å². The number of aromatic nitrogens is 1. The minimum Gasteiger partial charge on any atom is -0.438 e. The van der Waals surface area contributed by atoms with Crippen molar-refractivity contribution in [3.8, 4) is 11.6 Å². The molecule has 106 valence electrons. The van der Waals surface area contributed by atoms with Crippen LogP contribution in [0.15, 0.2) is 30.5 Å². The molecule has 0 fully saturated rings. The molecule has 0 saturated heterocycles. The third kappa shape index (κ3) is 3.58. The van der Waals surface area contributed by atoms with Crippen LogP contribution in [0.25, 0.3) is 0 Å². The summed E-state index contributed by atoms with van der Waals surface area (Å²) >= 11 is 0. The number of benzene rings is 1. The topological polar surface area (TPSA) is 34.2 Å². The second-order valence-corrected chi connectivity index (χ2v) is 5.12. The molecule has 0 aliphatic rings. The van der Waals surface area contributed by atoms with Gasteiger partial charge in [-0.25, -0.2) is 4.98 Å². The van der Waals surface area contributed by atoms with Crippen LogP contribution in [0.1, 0.15) is 29.2 Å². The van der Waals surface area contributed by atoms with Crippen LogP contribution in [0.2, 0.25) is 0 Å². The summed E-state index contributed by atoms with van der Waals surface area (Å²) in [5.41, 5.74) is 4.60. The number of nitrogens with one attached hydrogen (secondary N) is 1. The SMILES string of the molecule is CCNCc1cnc(Oc2ccc(C)cc2C)c(C)c1. The van der Waals surface area contributed by atoms with Crippen LogP contribution in [0.4, 0.5) is 0 Å². The molecule has 1 aromatic heterocycles. The lowest BCUT2D eigenvalue weighted by atomic mass is 10.1. The molecule has 0 bridgehead atoms. The van der Waals surface area contributed by atoms with Gasteiger partial charge in [0.1, 0.15) is 5.75 Å². The molecule has 0 aliphatic heterocycles. The van der Waals surface area contributed by atoms with E-state index in [1.54, 1.807) is 0 Å². The zero-order valence-corrected chi connectivity index (χ0v) is 12.7. The highest BCUT2D eigenvalue weighted by Crippen LogP contribution is 2.26. The van der Waals surface area contributed by atoms with E-state index < -0.39 is 0 Å². The smallest absolute Gasteiger partial charge is 0.222 e. The van der Waals surface area contributed by atoms with E-state index in [0.29, 0.717) is 5.88 Å². The highest BCUT2D eigenvalue weighted by atomic mass is 16.5. The lowest BCUT2D eigenvalue weighted by Crippen LogP contribution is -2.12. The van der Waals surface area contributed by atoms with E-state index in [9.17, 15) is 0 Å².